The van der Waals surface area contributed by atoms with Gasteiger partial charge >= 0.3 is 0 Å². The number of ether oxygens (including phenoxy) is 2. The number of nitrogen functional groups attached to an aromatic ring is 1. The monoisotopic (exact) mass is 323 g/mol. The minimum absolute atomic E-state index is 0.635. The van der Waals surface area contributed by atoms with Gasteiger partial charge in [-0.25, -0.2) is 0 Å². The molecule has 5 heteroatoms. The number of benzene rings is 2. The van der Waals surface area contributed by atoms with E-state index in [1.807, 2.05) is 43.3 Å². The molecule has 0 saturated carbocycles. The fraction of sp³-hybridized carbons (Fsp3) is 0.250. The molecule has 0 atom stereocenters. The van der Waals surface area contributed by atoms with Gasteiger partial charge in [0.25, 0.3) is 0 Å². The molecule has 0 aromatic heterocycles. The maximum atomic E-state index is 6.04. The van der Waals surface area contributed by atoms with Gasteiger partial charge in [0, 0.05) is 26.9 Å². The topological polar surface area (TPSA) is 44.5 Å². The van der Waals surface area contributed by atoms with Crippen molar-refractivity contribution in [1.29, 1.82) is 0 Å². The van der Waals surface area contributed by atoms with Crippen LogP contribution in [0.2, 0.25) is 5.02 Å². The summed E-state index contributed by atoms with van der Waals surface area (Å²) in [7, 11) is 1.65. The van der Waals surface area contributed by atoms with E-state index in [4.69, 9.17) is 26.8 Å². The van der Waals surface area contributed by atoms with Crippen LogP contribution in [0.25, 0.3) is 0 Å². The van der Waals surface area contributed by atoms with Crippen LogP contribution in [0, 0.1) is 0 Å². The summed E-state index contributed by atoms with van der Waals surface area (Å²) < 4.78 is 10.9. The van der Waals surface area contributed by atoms with E-state index in [2.05, 4.69) is 0 Å². The van der Waals surface area contributed by atoms with Gasteiger partial charge in [0.05, 0.1) is 13.7 Å². The zero-order chi connectivity index (χ0) is 15.2. The number of nitrogens with two attached hydrogens (primary N) is 1. The van der Waals surface area contributed by atoms with E-state index in [0.29, 0.717) is 11.6 Å². The first-order chi connectivity index (χ1) is 10.1. The zero-order valence-electron chi connectivity index (χ0n) is 12.1. The van der Waals surface area contributed by atoms with Crippen LogP contribution >= 0.6 is 23.4 Å². The van der Waals surface area contributed by atoms with Crippen LogP contribution in [0.3, 0.4) is 0 Å². The van der Waals surface area contributed by atoms with E-state index in [1.165, 1.54) is 0 Å². The van der Waals surface area contributed by atoms with Crippen LogP contribution < -0.4 is 15.2 Å². The van der Waals surface area contributed by atoms with Crippen molar-refractivity contribution in [2.24, 2.45) is 0 Å². The standard InChI is InChI=1S/C16H18ClNO2S/c1-3-20-13-5-6-14(18)16(9-13)21-10-11-8-12(17)4-7-15(11)19-2/h4-9H,3,10,18H2,1-2H3. The quantitative estimate of drug-likeness (QED) is 0.622. The maximum absolute atomic E-state index is 6.04. The van der Waals surface area contributed by atoms with Crippen LogP contribution in [0.4, 0.5) is 5.69 Å². The summed E-state index contributed by atoms with van der Waals surface area (Å²) in [4.78, 5) is 0.989. The molecule has 2 rings (SSSR count). The minimum atomic E-state index is 0.635. The molecule has 0 bridgehead atoms. The first-order valence-corrected chi connectivity index (χ1v) is 7.98. The summed E-state index contributed by atoms with van der Waals surface area (Å²) in [5, 5.41) is 0.697. The Kier molecular flexibility index (Phi) is 5.65. The lowest BCUT2D eigenvalue weighted by atomic mass is 10.2. The molecule has 2 N–H and O–H groups in total. The fourth-order valence-corrected chi connectivity index (χ4v) is 3.08. The molecule has 3 nitrogen and oxygen atoms in total. The fourth-order valence-electron chi connectivity index (χ4n) is 1.91. The summed E-state index contributed by atoms with van der Waals surface area (Å²) in [5.74, 6) is 2.38. The third-order valence-corrected chi connectivity index (χ3v) is 4.28. The van der Waals surface area contributed by atoms with E-state index in [0.717, 1.165) is 33.4 Å². The Hall–Kier alpha value is -1.52. The highest BCUT2D eigenvalue weighted by Gasteiger charge is 2.08. The Bertz CT molecular complexity index is 619. The lowest BCUT2D eigenvalue weighted by molar-refractivity contribution is 0.339. The van der Waals surface area contributed by atoms with Gasteiger partial charge in [-0.2, -0.15) is 0 Å². The van der Waals surface area contributed by atoms with Gasteiger partial charge in [-0.05, 0) is 43.3 Å². The molecular formula is C16H18ClNO2S. The molecule has 2 aromatic carbocycles. The predicted octanol–water partition coefficient (Wildman–Crippen LogP) is 4.62. The molecule has 0 aliphatic carbocycles. The number of rotatable bonds is 6. The SMILES string of the molecule is CCOc1ccc(N)c(SCc2cc(Cl)ccc2OC)c1. The lowest BCUT2D eigenvalue weighted by Gasteiger charge is -2.11. The molecule has 0 unspecified atom stereocenters. The van der Waals surface area contributed by atoms with Crippen molar-refractivity contribution in [1.82, 2.24) is 0 Å². The van der Waals surface area contributed by atoms with Gasteiger partial charge in [0.1, 0.15) is 11.5 Å². The van der Waals surface area contributed by atoms with Gasteiger partial charge in [-0.3, -0.25) is 0 Å². The van der Waals surface area contributed by atoms with Crippen molar-refractivity contribution in [3.63, 3.8) is 0 Å². The van der Waals surface area contributed by atoms with Crippen LogP contribution in [0.5, 0.6) is 11.5 Å². The Morgan fingerprint density at radius 2 is 2.00 bits per heavy atom. The van der Waals surface area contributed by atoms with E-state index in [-0.39, 0.29) is 0 Å². The van der Waals surface area contributed by atoms with Crippen molar-refractivity contribution in [2.45, 2.75) is 17.6 Å². The molecule has 0 spiro atoms. The molecule has 0 aliphatic rings. The molecule has 0 heterocycles. The minimum Gasteiger partial charge on any atom is -0.496 e. The maximum Gasteiger partial charge on any atom is 0.123 e. The highest BCUT2D eigenvalue weighted by atomic mass is 35.5. The van der Waals surface area contributed by atoms with Crippen LogP contribution in [-0.2, 0) is 5.75 Å². The predicted molar refractivity (Wildman–Crippen MR) is 89.6 cm³/mol. The van der Waals surface area contributed by atoms with Crippen LogP contribution in [-0.4, -0.2) is 13.7 Å². The molecule has 0 aliphatic heterocycles. The Balaban J connectivity index is 2.16. The van der Waals surface area contributed by atoms with Gasteiger partial charge in [-0.1, -0.05) is 11.6 Å². The second-order valence-corrected chi connectivity index (χ2v) is 5.83. The van der Waals surface area contributed by atoms with Crippen molar-refractivity contribution in [2.75, 3.05) is 19.5 Å². The summed E-state index contributed by atoms with van der Waals surface area (Å²) in [6.45, 7) is 2.59. The number of methoxy groups -OCH3 is 1. The molecular weight excluding hydrogens is 306 g/mol. The zero-order valence-corrected chi connectivity index (χ0v) is 13.6. The number of anilines is 1. The molecule has 0 fully saturated rings. The van der Waals surface area contributed by atoms with E-state index in [1.54, 1.807) is 18.9 Å². The smallest absolute Gasteiger partial charge is 0.123 e. The third kappa shape index (κ3) is 4.22. The van der Waals surface area contributed by atoms with Gasteiger partial charge < -0.3 is 15.2 Å². The largest absolute Gasteiger partial charge is 0.496 e. The molecule has 2 aromatic rings. The molecule has 0 saturated heterocycles. The average molecular weight is 324 g/mol. The highest BCUT2D eigenvalue weighted by Crippen LogP contribution is 2.34. The van der Waals surface area contributed by atoms with E-state index in [9.17, 15) is 0 Å². The number of hydrogen-bond donors (Lipinski definition) is 1. The Labute approximate surface area is 134 Å². The molecule has 0 amide bonds. The average Bonchev–Trinajstić information content (AvgIpc) is 2.48. The normalized spacial score (nSPS) is 10.4. The molecule has 0 radical (unpaired) electrons. The van der Waals surface area contributed by atoms with E-state index < -0.39 is 0 Å². The van der Waals surface area contributed by atoms with Gasteiger partial charge in [0.15, 0.2) is 0 Å². The van der Waals surface area contributed by atoms with Crippen molar-refractivity contribution in [3.05, 3.63) is 47.0 Å². The van der Waals surface area contributed by atoms with Crippen LogP contribution in [0.15, 0.2) is 41.3 Å². The second-order valence-electron chi connectivity index (χ2n) is 4.38. The lowest BCUT2D eigenvalue weighted by Crippen LogP contribution is -1.95. The van der Waals surface area contributed by atoms with Gasteiger partial charge in [-0.15, -0.1) is 11.8 Å². The van der Waals surface area contributed by atoms with Crippen molar-refractivity contribution >= 4 is 29.1 Å². The highest BCUT2D eigenvalue weighted by molar-refractivity contribution is 7.98. The Morgan fingerprint density at radius 3 is 2.71 bits per heavy atom. The summed E-state index contributed by atoms with van der Waals surface area (Å²) in [6, 6.07) is 11.3. The van der Waals surface area contributed by atoms with E-state index >= 15 is 0 Å². The molecule has 112 valence electrons. The molecule has 21 heavy (non-hydrogen) atoms. The second kappa shape index (κ2) is 7.48. The summed E-state index contributed by atoms with van der Waals surface area (Å²) >= 11 is 7.68. The summed E-state index contributed by atoms with van der Waals surface area (Å²) in [5.41, 5.74) is 7.79. The van der Waals surface area contributed by atoms with Crippen LogP contribution in [0.1, 0.15) is 12.5 Å². The number of thioether (sulfide) groups is 1. The summed E-state index contributed by atoms with van der Waals surface area (Å²) in [6.07, 6.45) is 0. The van der Waals surface area contributed by atoms with Crippen molar-refractivity contribution < 1.29 is 9.47 Å². The van der Waals surface area contributed by atoms with Crippen molar-refractivity contribution in [3.8, 4) is 11.5 Å². The Morgan fingerprint density at radius 1 is 1.19 bits per heavy atom. The first kappa shape index (κ1) is 15.9. The number of halogens is 1. The first-order valence-electron chi connectivity index (χ1n) is 6.61. The third-order valence-electron chi connectivity index (χ3n) is 2.92. The van der Waals surface area contributed by atoms with Gasteiger partial charge in [0.2, 0.25) is 0 Å². The number of hydrogen-bond acceptors (Lipinski definition) is 4.